The van der Waals surface area contributed by atoms with Crippen LogP contribution in [0, 0.1) is 5.92 Å². The number of rotatable bonds is 2. The summed E-state index contributed by atoms with van der Waals surface area (Å²) >= 11 is 0. The highest BCUT2D eigenvalue weighted by Gasteiger charge is 2.34. The average molecular weight is 249 g/mol. The summed E-state index contributed by atoms with van der Waals surface area (Å²) in [7, 11) is 0. The number of ether oxygens (including phenoxy) is 1. The Hall–Kier alpha value is -2.31. The number of nitrogens with zero attached hydrogens (tertiary/aromatic N) is 1. The van der Waals surface area contributed by atoms with Gasteiger partial charge in [0, 0.05) is 12.3 Å². The molecule has 0 spiro atoms. The summed E-state index contributed by atoms with van der Waals surface area (Å²) in [6, 6.07) is 1.25. The predicted molar refractivity (Wildman–Crippen MR) is 60.8 cm³/mol. The van der Waals surface area contributed by atoms with Crippen molar-refractivity contribution in [2.24, 2.45) is 5.92 Å². The molecule has 0 saturated heterocycles. The van der Waals surface area contributed by atoms with Crippen LogP contribution in [0.25, 0.3) is 0 Å². The Morgan fingerprint density at radius 2 is 2.17 bits per heavy atom. The Kier molecular flexibility index (Phi) is 2.32. The van der Waals surface area contributed by atoms with E-state index >= 15 is 0 Å². The fraction of sp³-hybridized carbons (Fsp3) is 0.364. The molecule has 2 aliphatic rings. The Labute approximate surface area is 102 Å². The molecule has 0 aromatic carbocycles. The van der Waals surface area contributed by atoms with E-state index < -0.39 is 17.3 Å². The van der Waals surface area contributed by atoms with Crippen LogP contribution in [0.15, 0.2) is 17.1 Å². The van der Waals surface area contributed by atoms with Gasteiger partial charge < -0.3 is 15.5 Å². The molecule has 1 fully saturated rings. The Morgan fingerprint density at radius 1 is 1.39 bits per heavy atom. The van der Waals surface area contributed by atoms with Crippen molar-refractivity contribution in [2.75, 3.05) is 12.1 Å². The summed E-state index contributed by atoms with van der Waals surface area (Å²) in [6.07, 6.45) is 2.99. The van der Waals surface area contributed by atoms with E-state index in [4.69, 9.17) is 4.74 Å². The third-order valence-electron chi connectivity index (χ3n) is 2.88. The molecule has 7 nitrogen and oxygen atoms in total. The molecule has 3 rings (SSSR count). The normalized spacial score (nSPS) is 17.4. The third kappa shape index (κ3) is 1.73. The summed E-state index contributed by atoms with van der Waals surface area (Å²) in [4.78, 5) is 35.0. The standard InChI is InChI=1S/C11H11N3O4/c15-7-3-4-14-8(10(16)12-5-13-14)9(7)18-11(17)6-1-2-6/h3-4,6,13H,1-2,5H2,(H,12,16). The Balaban J connectivity index is 2.03. The number of aromatic nitrogens is 1. The minimum absolute atomic E-state index is 0.0303. The maximum absolute atomic E-state index is 11.7. The smallest absolute Gasteiger partial charge is 0.314 e. The second-order valence-electron chi connectivity index (χ2n) is 4.26. The summed E-state index contributed by atoms with van der Waals surface area (Å²) in [5, 5.41) is 2.52. The quantitative estimate of drug-likeness (QED) is 0.684. The van der Waals surface area contributed by atoms with Gasteiger partial charge in [-0.05, 0) is 12.8 Å². The molecule has 1 aliphatic carbocycles. The second kappa shape index (κ2) is 3.86. The average Bonchev–Trinajstić information content (AvgIpc) is 3.17. The van der Waals surface area contributed by atoms with Crippen molar-refractivity contribution < 1.29 is 14.3 Å². The zero-order valence-corrected chi connectivity index (χ0v) is 9.43. The van der Waals surface area contributed by atoms with E-state index in [1.54, 1.807) is 0 Å². The molecule has 1 amide bonds. The molecule has 2 heterocycles. The predicted octanol–water partition coefficient (Wildman–Crippen LogP) is -0.592. The van der Waals surface area contributed by atoms with Gasteiger partial charge >= 0.3 is 5.97 Å². The van der Waals surface area contributed by atoms with Crippen molar-refractivity contribution in [3.05, 3.63) is 28.2 Å². The molecule has 94 valence electrons. The maximum atomic E-state index is 11.7. The van der Waals surface area contributed by atoms with Crippen molar-refractivity contribution in [2.45, 2.75) is 12.8 Å². The first-order valence-electron chi connectivity index (χ1n) is 5.66. The van der Waals surface area contributed by atoms with E-state index in [0.29, 0.717) is 0 Å². The molecule has 1 saturated carbocycles. The number of amides is 1. The SMILES string of the molecule is O=C1NCNn2ccc(=O)c(OC(=O)C3CC3)c21. The number of esters is 1. The fourth-order valence-corrected chi connectivity index (χ4v) is 1.75. The van der Waals surface area contributed by atoms with Crippen molar-refractivity contribution in [1.82, 2.24) is 9.99 Å². The second-order valence-corrected chi connectivity index (χ2v) is 4.26. The monoisotopic (exact) mass is 249 g/mol. The largest absolute Gasteiger partial charge is 0.420 e. The molecular weight excluding hydrogens is 238 g/mol. The molecule has 7 heteroatoms. The van der Waals surface area contributed by atoms with Gasteiger partial charge in [0.25, 0.3) is 5.91 Å². The van der Waals surface area contributed by atoms with Gasteiger partial charge in [0.2, 0.25) is 11.2 Å². The van der Waals surface area contributed by atoms with Gasteiger partial charge in [0.05, 0.1) is 5.92 Å². The number of hydrogen-bond acceptors (Lipinski definition) is 5. The Bertz CT molecular complexity index is 588. The van der Waals surface area contributed by atoms with Crippen LogP contribution in [0.1, 0.15) is 23.3 Å². The van der Waals surface area contributed by atoms with Gasteiger partial charge in [-0.25, -0.2) is 0 Å². The summed E-state index contributed by atoms with van der Waals surface area (Å²) in [5.41, 5.74) is 2.39. The molecule has 18 heavy (non-hydrogen) atoms. The zero-order chi connectivity index (χ0) is 12.7. The fourth-order valence-electron chi connectivity index (χ4n) is 1.75. The molecule has 1 aromatic rings. The lowest BCUT2D eigenvalue weighted by atomic mass is 10.2. The van der Waals surface area contributed by atoms with Crippen LogP contribution in [0.5, 0.6) is 5.75 Å². The highest BCUT2D eigenvalue weighted by atomic mass is 16.5. The molecular formula is C11H11N3O4. The number of pyridine rings is 1. The molecule has 2 N–H and O–H groups in total. The van der Waals surface area contributed by atoms with Crippen LogP contribution in [-0.2, 0) is 4.79 Å². The number of nitrogens with one attached hydrogen (secondary N) is 2. The number of hydrogen-bond donors (Lipinski definition) is 2. The summed E-state index contributed by atoms with van der Waals surface area (Å²) in [5.74, 6) is -1.23. The Morgan fingerprint density at radius 3 is 2.89 bits per heavy atom. The van der Waals surface area contributed by atoms with E-state index in [0.717, 1.165) is 12.8 Å². The van der Waals surface area contributed by atoms with Gasteiger partial charge in [0.1, 0.15) is 6.67 Å². The number of fused-ring (bicyclic) bond motifs is 1. The maximum Gasteiger partial charge on any atom is 0.314 e. The van der Waals surface area contributed by atoms with E-state index in [9.17, 15) is 14.4 Å². The lowest BCUT2D eigenvalue weighted by Crippen LogP contribution is -2.43. The van der Waals surface area contributed by atoms with Gasteiger partial charge in [-0.15, -0.1) is 0 Å². The van der Waals surface area contributed by atoms with Crippen molar-refractivity contribution in [1.29, 1.82) is 0 Å². The zero-order valence-electron chi connectivity index (χ0n) is 9.43. The summed E-state index contributed by atoms with van der Waals surface area (Å²) in [6.45, 7) is 0.255. The molecule has 1 aliphatic heterocycles. The molecule has 0 unspecified atom stereocenters. The van der Waals surface area contributed by atoms with Gasteiger partial charge in [-0.3, -0.25) is 19.1 Å². The van der Waals surface area contributed by atoms with Gasteiger partial charge in [-0.2, -0.15) is 0 Å². The van der Waals surface area contributed by atoms with E-state index in [1.807, 2.05) is 0 Å². The minimum atomic E-state index is -0.478. The highest BCUT2D eigenvalue weighted by Crippen LogP contribution is 2.30. The van der Waals surface area contributed by atoms with E-state index in [-0.39, 0.29) is 24.0 Å². The minimum Gasteiger partial charge on any atom is -0.420 e. The van der Waals surface area contributed by atoms with Crippen LogP contribution >= 0.6 is 0 Å². The van der Waals surface area contributed by atoms with Crippen LogP contribution in [0.3, 0.4) is 0 Å². The van der Waals surface area contributed by atoms with Crippen molar-refractivity contribution in [3.8, 4) is 5.75 Å². The highest BCUT2D eigenvalue weighted by molar-refractivity contribution is 5.96. The first-order valence-corrected chi connectivity index (χ1v) is 5.66. The number of carbonyl (C=O) groups excluding carboxylic acids is 2. The molecule has 1 aromatic heterocycles. The first-order chi connectivity index (χ1) is 8.66. The molecule has 0 atom stereocenters. The van der Waals surface area contributed by atoms with Crippen molar-refractivity contribution in [3.63, 3.8) is 0 Å². The van der Waals surface area contributed by atoms with Crippen LogP contribution in [0.2, 0.25) is 0 Å². The van der Waals surface area contributed by atoms with Gasteiger partial charge in [0.15, 0.2) is 5.69 Å². The van der Waals surface area contributed by atoms with E-state index in [1.165, 1.54) is 16.9 Å². The van der Waals surface area contributed by atoms with Crippen molar-refractivity contribution >= 4 is 11.9 Å². The number of carbonyl (C=O) groups is 2. The van der Waals surface area contributed by atoms with Crippen LogP contribution in [-0.4, -0.2) is 23.2 Å². The lowest BCUT2D eigenvalue weighted by Gasteiger charge is -2.22. The first kappa shape index (κ1) is 10.8. The van der Waals surface area contributed by atoms with E-state index in [2.05, 4.69) is 10.7 Å². The topological polar surface area (TPSA) is 89.4 Å². The van der Waals surface area contributed by atoms with Gasteiger partial charge in [-0.1, -0.05) is 0 Å². The third-order valence-corrected chi connectivity index (χ3v) is 2.88. The van der Waals surface area contributed by atoms with Crippen LogP contribution in [0.4, 0.5) is 0 Å². The summed E-state index contributed by atoms with van der Waals surface area (Å²) < 4.78 is 6.45. The lowest BCUT2D eigenvalue weighted by molar-refractivity contribution is -0.135. The molecule has 0 radical (unpaired) electrons. The van der Waals surface area contributed by atoms with Crippen LogP contribution < -0.4 is 20.9 Å². The molecule has 0 bridgehead atoms.